The van der Waals surface area contributed by atoms with Gasteiger partial charge < -0.3 is 15.8 Å². The molecule has 2 atom stereocenters. The lowest BCUT2D eigenvalue weighted by Gasteiger charge is -2.57. The molecule has 7 nitrogen and oxygen atoms in total. The first kappa shape index (κ1) is 17.9. The fourth-order valence-electron chi connectivity index (χ4n) is 6.78. The summed E-state index contributed by atoms with van der Waals surface area (Å²) in [4.78, 5) is 34.9. The zero-order valence-corrected chi connectivity index (χ0v) is 15.8. The molecule has 2 spiro atoms. The summed E-state index contributed by atoms with van der Waals surface area (Å²) < 4.78 is 6.71. The molecule has 0 unspecified atom stereocenters. The highest BCUT2D eigenvalue weighted by Crippen LogP contribution is 2.64. The summed E-state index contributed by atoms with van der Waals surface area (Å²) in [6.07, 6.45) is 9.96. The van der Waals surface area contributed by atoms with E-state index in [-0.39, 0.29) is 18.4 Å². The number of primary amides is 1. The molecule has 6 fully saturated rings. The van der Waals surface area contributed by atoms with Gasteiger partial charge in [-0.1, -0.05) is 0 Å². The van der Waals surface area contributed by atoms with Gasteiger partial charge in [0.1, 0.15) is 0 Å². The fraction of sp³-hybridized carbons (Fsp3) is 0.900. The number of hydrogen-bond acceptors (Lipinski definition) is 5. The van der Waals surface area contributed by atoms with Crippen molar-refractivity contribution in [3.8, 4) is 0 Å². The van der Waals surface area contributed by atoms with Gasteiger partial charge in [-0.05, 0) is 62.7 Å². The number of nitrogens with two attached hydrogens (primary N) is 1. The standard InChI is InChI=1S/C20H30N2O5/c21-17(23)11-22-18(24)9-12-2-1-3-19(10-12)25-20(27-26-19)15-5-13-4-14(7-15)8-16(20)6-13/h12-16H,1-11H2,(H2,21,23)(H,22,24)/t12-,13?,14?,15?,16?,19+,20?/m0/s1. The van der Waals surface area contributed by atoms with Crippen molar-refractivity contribution in [2.75, 3.05) is 6.54 Å². The predicted octanol–water partition coefficient (Wildman–Crippen LogP) is 2.00. The van der Waals surface area contributed by atoms with Crippen LogP contribution in [0.5, 0.6) is 0 Å². The zero-order valence-electron chi connectivity index (χ0n) is 15.8. The van der Waals surface area contributed by atoms with E-state index < -0.39 is 17.5 Å². The highest BCUT2D eigenvalue weighted by atomic mass is 17.3. The second-order valence-corrected chi connectivity index (χ2v) is 9.61. The first-order valence-corrected chi connectivity index (χ1v) is 10.6. The van der Waals surface area contributed by atoms with Crippen LogP contribution in [-0.4, -0.2) is 29.9 Å². The third-order valence-electron chi connectivity index (χ3n) is 7.65. The topological polar surface area (TPSA) is 99.9 Å². The molecule has 4 bridgehead atoms. The minimum absolute atomic E-state index is 0.110. The van der Waals surface area contributed by atoms with Crippen molar-refractivity contribution in [1.82, 2.24) is 5.32 Å². The van der Waals surface area contributed by atoms with Crippen LogP contribution in [0.1, 0.15) is 64.2 Å². The lowest BCUT2D eigenvalue weighted by molar-refractivity contribution is -0.390. The van der Waals surface area contributed by atoms with Crippen molar-refractivity contribution in [3.63, 3.8) is 0 Å². The Morgan fingerprint density at radius 1 is 1.04 bits per heavy atom. The van der Waals surface area contributed by atoms with Crippen LogP contribution in [-0.2, 0) is 24.1 Å². The molecule has 1 aliphatic heterocycles. The Labute approximate surface area is 159 Å². The first-order chi connectivity index (χ1) is 13.0. The smallest absolute Gasteiger partial charge is 0.236 e. The summed E-state index contributed by atoms with van der Waals surface area (Å²) >= 11 is 0. The average Bonchev–Trinajstić information content (AvgIpc) is 2.97. The zero-order chi connectivity index (χ0) is 18.6. The van der Waals surface area contributed by atoms with Gasteiger partial charge >= 0.3 is 0 Å². The maximum atomic E-state index is 12.1. The van der Waals surface area contributed by atoms with Crippen molar-refractivity contribution < 1.29 is 24.1 Å². The predicted molar refractivity (Wildman–Crippen MR) is 94.5 cm³/mol. The van der Waals surface area contributed by atoms with Gasteiger partial charge in [-0.25, -0.2) is 0 Å². The molecule has 3 N–H and O–H groups in total. The molecule has 5 saturated carbocycles. The van der Waals surface area contributed by atoms with E-state index in [2.05, 4.69) is 5.32 Å². The summed E-state index contributed by atoms with van der Waals surface area (Å²) in [6.45, 7) is -0.110. The summed E-state index contributed by atoms with van der Waals surface area (Å²) in [6, 6.07) is 0. The molecular weight excluding hydrogens is 348 g/mol. The van der Waals surface area contributed by atoms with E-state index in [0.717, 1.165) is 31.1 Å². The summed E-state index contributed by atoms with van der Waals surface area (Å²) in [5.74, 6) is 0.834. The monoisotopic (exact) mass is 378 g/mol. The maximum Gasteiger partial charge on any atom is 0.236 e. The summed E-state index contributed by atoms with van der Waals surface area (Å²) in [7, 11) is 0. The van der Waals surface area contributed by atoms with Gasteiger partial charge in [-0.3, -0.25) is 9.59 Å². The number of carbonyl (C=O) groups is 2. The Morgan fingerprint density at radius 3 is 2.41 bits per heavy atom. The van der Waals surface area contributed by atoms with Crippen LogP contribution in [0.15, 0.2) is 0 Å². The molecule has 0 radical (unpaired) electrons. The molecule has 6 aliphatic rings. The molecule has 1 heterocycles. The average molecular weight is 378 g/mol. The van der Waals surface area contributed by atoms with Crippen LogP contribution in [0, 0.1) is 29.6 Å². The highest BCUT2D eigenvalue weighted by molar-refractivity contribution is 5.83. The van der Waals surface area contributed by atoms with E-state index in [9.17, 15) is 9.59 Å². The molecule has 6 rings (SSSR count). The number of nitrogens with one attached hydrogen (secondary N) is 1. The second-order valence-electron chi connectivity index (χ2n) is 9.61. The van der Waals surface area contributed by atoms with E-state index in [0.29, 0.717) is 24.7 Å². The van der Waals surface area contributed by atoms with Crippen molar-refractivity contribution in [1.29, 1.82) is 0 Å². The Bertz CT molecular complexity index is 610. The Balaban J connectivity index is 1.25. The van der Waals surface area contributed by atoms with E-state index in [1.54, 1.807) is 0 Å². The second kappa shape index (κ2) is 6.42. The normalized spacial score (nSPS) is 47.6. The minimum atomic E-state index is -0.706. The van der Waals surface area contributed by atoms with Crippen molar-refractivity contribution in [3.05, 3.63) is 0 Å². The van der Waals surface area contributed by atoms with Gasteiger partial charge in [0.25, 0.3) is 0 Å². The number of hydrogen-bond donors (Lipinski definition) is 2. The van der Waals surface area contributed by atoms with Crippen molar-refractivity contribution in [2.24, 2.45) is 35.3 Å². The van der Waals surface area contributed by atoms with Crippen LogP contribution in [0.2, 0.25) is 0 Å². The molecule has 5 aliphatic carbocycles. The van der Waals surface area contributed by atoms with Gasteiger partial charge in [-0.2, -0.15) is 9.78 Å². The van der Waals surface area contributed by atoms with Gasteiger partial charge in [0.15, 0.2) is 0 Å². The molecular formula is C20H30N2O5. The van der Waals surface area contributed by atoms with Gasteiger partial charge in [-0.15, -0.1) is 0 Å². The lowest BCUT2D eigenvalue weighted by atomic mass is 9.53. The van der Waals surface area contributed by atoms with Crippen LogP contribution in [0.25, 0.3) is 0 Å². The van der Waals surface area contributed by atoms with E-state index in [1.807, 2.05) is 0 Å². The number of amides is 2. The van der Waals surface area contributed by atoms with Crippen LogP contribution in [0.3, 0.4) is 0 Å². The van der Waals surface area contributed by atoms with E-state index in [1.165, 1.54) is 32.1 Å². The van der Waals surface area contributed by atoms with Crippen molar-refractivity contribution in [2.45, 2.75) is 75.8 Å². The molecule has 7 heteroatoms. The first-order valence-electron chi connectivity index (χ1n) is 10.6. The van der Waals surface area contributed by atoms with Crippen LogP contribution in [0.4, 0.5) is 0 Å². The molecule has 0 aromatic carbocycles. The van der Waals surface area contributed by atoms with E-state index >= 15 is 0 Å². The van der Waals surface area contributed by atoms with Gasteiger partial charge in [0.05, 0.1) is 6.54 Å². The largest absolute Gasteiger partial charge is 0.368 e. The Hall–Kier alpha value is -1.18. The highest BCUT2D eigenvalue weighted by Gasteiger charge is 2.66. The van der Waals surface area contributed by atoms with Crippen LogP contribution >= 0.6 is 0 Å². The SMILES string of the molecule is NC(=O)CNC(=O)C[C@@H]1CCC[C@]2(C1)OOC1(O2)C2CC3CC(C2)CC1C3. The molecule has 2 amide bonds. The van der Waals surface area contributed by atoms with Crippen molar-refractivity contribution >= 4 is 11.8 Å². The van der Waals surface area contributed by atoms with Crippen LogP contribution < -0.4 is 11.1 Å². The Kier molecular flexibility index (Phi) is 4.26. The molecule has 0 aromatic heterocycles. The minimum Gasteiger partial charge on any atom is -0.368 e. The fourth-order valence-corrected chi connectivity index (χ4v) is 6.78. The molecule has 1 saturated heterocycles. The molecule has 27 heavy (non-hydrogen) atoms. The van der Waals surface area contributed by atoms with Gasteiger partial charge in [0, 0.05) is 31.1 Å². The number of rotatable bonds is 4. The number of ether oxygens (including phenoxy) is 1. The van der Waals surface area contributed by atoms with Gasteiger partial charge in [0.2, 0.25) is 23.4 Å². The molecule has 150 valence electrons. The lowest BCUT2D eigenvalue weighted by Crippen LogP contribution is -2.59. The quantitative estimate of drug-likeness (QED) is 0.729. The van der Waals surface area contributed by atoms with E-state index in [4.69, 9.17) is 20.2 Å². The Morgan fingerprint density at radius 2 is 1.74 bits per heavy atom. The third kappa shape index (κ3) is 3.08. The summed E-state index contributed by atoms with van der Waals surface area (Å²) in [5, 5.41) is 2.58. The third-order valence-corrected chi connectivity index (χ3v) is 7.65. The molecule has 0 aromatic rings. The summed E-state index contributed by atoms with van der Waals surface area (Å²) in [5.41, 5.74) is 5.09. The maximum absolute atomic E-state index is 12.1. The number of carbonyl (C=O) groups excluding carboxylic acids is 2.